The zero-order valence-corrected chi connectivity index (χ0v) is 10.5. The number of anilines is 2. The minimum absolute atomic E-state index is 0.305. The van der Waals surface area contributed by atoms with E-state index in [1.165, 1.54) is 19.3 Å². The van der Waals surface area contributed by atoms with Gasteiger partial charge >= 0.3 is 0 Å². The largest absolute Gasteiger partial charge is 0.368 e. The number of nitrogens with one attached hydrogen (secondary N) is 1. The highest BCUT2D eigenvalue weighted by molar-refractivity contribution is 5.86. The number of rotatable bonds is 3. The number of aryl methyl sites for hydroxylation is 1. The third kappa shape index (κ3) is 1.96. The number of nitrogen functional groups attached to an aromatic ring is 1. The van der Waals surface area contributed by atoms with Crippen molar-refractivity contribution in [3.8, 4) is 0 Å². The van der Waals surface area contributed by atoms with Gasteiger partial charge in [0.1, 0.15) is 5.52 Å². The molecule has 1 saturated carbocycles. The molecule has 0 atom stereocenters. The molecule has 2 aromatic rings. The molecule has 18 heavy (non-hydrogen) atoms. The summed E-state index contributed by atoms with van der Waals surface area (Å²) in [5.74, 6) is 1.07. The van der Waals surface area contributed by atoms with Crippen molar-refractivity contribution in [2.75, 3.05) is 11.1 Å². The predicted octanol–water partition coefficient (Wildman–Crippen LogP) is 2.13. The Bertz CT molecular complexity index is 577. The van der Waals surface area contributed by atoms with Crippen molar-refractivity contribution in [2.24, 2.45) is 0 Å². The molecule has 2 aromatic heterocycles. The zero-order valence-electron chi connectivity index (χ0n) is 10.5. The summed E-state index contributed by atoms with van der Waals surface area (Å²) < 4.78 is 0. The van der Waals surface area contributed by atoms with Crippen molar-refractivity contribution in [3.63, 3.8) is 0 Å². The van der Waals surface area contributed by atoms with Gasteiger partial charge in [0, 0.05) is 12.2 Å². The molecular formula is C13H17N5. The summed E-state index contributed by atoms with van der Waals surface area (Å²) in [4.78, 5) is 13.0. The second-order valence-corrected chi connectivity index (χ2v) is 4.77. The summed E-state index contributed by atoms with van der Waals surface area (Å²) in [6.07, 6.45) is 6.49. The number of hydrogen-bond donors (Lipinski definition) is 2. The Labute approximate surface area is 106 Å². The molecule has 0 bridgehead atoms. The lowest BCUT2D eigenvalue weighted by Crippen LogP contribution is -2.27. The Hall–Kier alpha value is -1.91. The van der Waals surface area contributed by atoms with Gasteiger partial charge in [-0.1, -0.05) is 6.92 Å². The topological polar surface area (TPSA) is 76.7 Å². The van der Waals surface area contributed by atoms with Crippen LogP contribution >= 0.6 is 0 Å². The van der Waals surface area contributed by atoms with E-state index in [9.17, 15) is 0 Å². The van der Waals surface area contributed by atoms with Crippen LogP contribution in [0.4, 0.5) is 11.8 Å². The van der Waals surface area contributed by atoms with Gasteiger partial charge in [0.05, 0.1) is 5.52 Å². The van der Waals surface area contributed by atoms with E-state index in [1.807, 2.05) is 12.3 Å². The fourth-order valence-corrected chi connectivity index (χ4v) is 2.12. The number of fused-ring (bicyclic) bond motifs is 1. The lowest BCUT2D eigenvalue weighted by Gasteiger charge is -2.27. The Morgan fingerprint density at radius 2 is 2.22 bits per heavy atom. The number of nitrogens with two attached hydrogens (primary N) is 1. The summed E-state index contributed by atoms with van der Waals surface area (Å²) >= 11 is 0. The lowest BCUT2D eigenvalue weighted by molar-refractivity contribution is 0.445. The monoisotopic (exact) mass is 243 g/mol. The van der Waals surface area contributed by atoms with Gasteiger partial charge in [-0.05, 0) is 37.3 Å². The first-order chi connectivity index (χ1) is 8.76. The quantitative estimate of drug-likeness (QED) is 0.863. The maximum atomic E-state index is 5.76. The summed E-state index contributed by atoms with van der Waals surface area (Å²) in [6, 6.07) is 2.54. The van der Waals surface area contributed by atoms with Crippen LogP contribution < -0.4 is 11.1 Å². The van der Waals surface area contributed by atoms with Crippen molar-refractivity contribution in [1.29, 1.82) is 0 Å². The lowest BCUT2D eigenvalue weighted by atomic mass is 9.93. The van der Waals surface area contributed by atoms with Crippen LogP contribution in [0.15, 0.2) is 12.3 Å². The van der Waals surface area contributed by atoms with Crippen LogP contribution in [-0.2, 0) is 6.42 Å². The molecule has 0 amide bonds. The van der Waals surface area contributed by atoms with E-state index in [2.05, 4.69) is 27.2 Å². The molecule has 5 heteroatoms. The minimum atomic E-state index is 0.305. The van der Waals surface area contributed by atoms with Crippen LogP contribution in [0.5, 0.6) is 0 Å². The van der Waals surface area contributed by atoms with E-state index in [4.69, 9.17) is 5.73 Å². The van der Waals surface area contributed by atoms with Crippen LogP contribution in [-0.4, -0.2) is 21.0 Å². The van der Waals surface area contributed by atoms with Crippen molar-refractivity contribution in [2.45, 2.75) is 38.6 Å². The van der Waals surface area contributed by atoms with E-state index in [0.717, 1.165) is 28.8 Å². The first kappa shape index (κ1) is 11.2. The van der Waals surface area contributed by atoms with Crippen LogP contribution in [0.1, 0.15) is 31.7 Å². The number of aromatic nitrogens is 3. The van der Waals surface area contributed by atoms with Gasteiger partial charge in [0.25, 0.3) is 0 Å². The summed E-state index contributed by atoms with van der Waals surface area (Å²) in [5, 5.41) is 3.41. The number of pyridine rings is 1. The fourth-order valence-electron chi connectivity index (χ4n) is 2.12. The third-order valence-corrected chi connectivity index (χ3v) is 3.46. The first-order valence-corrected chi connectivity index (χ1v) is 6.45. The minimum Gasteiger partial charge on any atom is -0.368 e. The standard InChI is InChI=1S/C13H17N5/c1-2-8-6-10-11(15-7-8)12(18-13(14)17-10)16-9-4-3-5-9/h6-7,9H,2-5H2,1H3,(H3,14,16,17,18). The zero-order chi connectivity index (χ0) is 12.5. The highest BCUT2D eigenvalue weighted by Crippen LogP contribution is 2.26. The molecule has 1 fully saturated rings. The summed E-state index contributed by atoms with van der Waals surface area (Å²) in [5.41, 5.74) is 8.56. The Morgan fingerprint density at radius 3 is 2.89 bits per heavy atom. The molecule has 0 aromatic carbocycles. The molecule has 3 N–H and O–H groups in total. The average molecular weight is 243 g/mol. The molecule has 3 rings (SSSR count). The predicted molar refractivity (Wildman–Crippen MR) is 72.4 cm³/mol. The fraction of sp³-hybridized carbons (Fsp3) is 0.462. The number of hydrogen-bond acceptors (Lipinski definition) is 5. The molecule has 5 nitrogen and oxygen atoms in total. The van der Waals surface area contributed by atoms with E-state index in [0.29, 0.717) is 12.0 Å². The average Bonchev–Trinajstić information content (AvgIpc) is 2.32. The Balaban J connectivity index is 2.05. The maximum absolute atomic E-state index is 5.76. The summed E-state index contributed by atoms with van der Waals surface area (Å²) in [7, 11) is 0. The van der Waals surface area contributed by atoms with Gasteiger partial charge in [-0.15, -0.1) is 0 Å². The molecular weight excluding hydrogens is 226 g/mol. The van der Waals surface area contributed by atoms with Gasteiger partial charge in [0.2, 0.25) is 5.95 Å². The molecule has 0 radical (unpaired) electrons. The van der Waals surface area contributed by atoms with E-state index in [1.54, 1.807) is 0 Å². The van der Waals surface area contributed by atoms with Crippen molar-refractivity contribution in [1.82, 2.24) is 15.0 Å². The van der Waals surface area contributed by atoms with E-state index < -0.39 is 0 Å². The smallest absolute Gasteiger partial charge is 0.222 e. The van der Waals surface area contributed by atoms with Crippen molar-refractivity contribution in [3.05, 3.63) is 17.8 Å². The molecule has 2 heterocycles. The van der Waals surface area contributed by atoms with Gasteiger partial charge < -0.3 is 11.1 Å². The van der Waals surface area contributed by atoms with E-state index >= 15 is 0 Å². The second-order valence-electron chi connectivity index (χ2n) is 4.77. The normalized spacial score (nSPS) is 15.6. The molecule has 0 spiro atoms. The molecule has 1 aliphatic rings. The van der Waals surface area contributed by atoms with Gasteiger partial charge in [-0.2, -0.15) is 4.98 Å². The Morgan fingerprint density at radius 1 is 1.39 bits per heavy atom. The van der Waals surface area contributed by atoms with Crippen LogP contribution in [0.25, 0.3) is 11.0 Å². The van der Waals surface area contributed by atoms with Gasteiger partial charge in [-0.25, -0.2) is 4.98 Å². The van der Waals surface area contributed by atoms with Crippen LogP contribution in [0, 0.1) is 0 Å². The highest BCUT2D eigenvalue weighted by Gasteiger charge is 2.19. The van der Waals surface area contributed by atoms with Crippen LogP contribution in [0.3, 0.4) is 0 Å². The van der Waals surface area contributed by atoms with E-state index in [-0.39, 0.29) is 0 Å². The Kier molecular flexibility index (Phi) is 2.74. The first-order valence-electron chi connectivity index (χ1n) is 6.45. The molecule has 0 unspecified atom stereocenters. The second kappa shape index (κ2) is 4.40. The molecule has 94 valence electrons. The van der Waals surface area contributed by atoms with Crippen molar-refractivity contribution < 1.29 is 0 Å². The maximum Gasteiger partial charge on any atom is 0.222 e. The SMILES string of the molecule is CCc1cnc2c(NC3CCC3)nc(N)nc2c1. The highest BCUT2D eigenvalue weighted by atomic mass is 15.1. The van der Waals surface area contributed by atoms with Gasteiger partial charge in [0.15, 0.2) is 5.82 Å². The molecule has 1 aliphatic carbocycles. The van der Waals surface area contributed by atoms with Crippen LogP contribution in [0.2, 0.25) is 0 Å². The number of nitrogens with zero attached hydrogens (tertiary/aromatic N) is 3. The summed E-state index contributed by atoms with van der Waals surface area (Å²) in [6.45, 7) is 2.10. The molecule has 0 saturated heterocycles. The van der Waals surface area contributed by atoms with Crippen molar-refractivity contribution >= 4 is 22.8 Å². The molecule has 0 aliphatic heterocycles. The van der Waals surface area contributed by atoms with Gasteiger partial charge in [-0.3, -0.25) is 4.98 Å². The third-order valence-electron chi connectivity index (χ3n) is 3.46.